The highest BCUT2D eigenvalue weighted by molar-refractivity contribution is 5.94. The van der Waals surface area contributed by atoms with E-state index in [1.165, 1.54) is 12.1 Å². The van der Waals surface area contributed by atoms with Crippen molar-refractivity contribution in [3.63, 3.8) is 0 Å². The molecule has 2 aromatic rings. The minimum atomic E-state index is -4.40. The number of rotatable bonds is 6. The van der Waals surface area contributed by atoms with Crippen LogP contribution in [0.15, 0.2) is 54.6 Å². The van der Waals surface area contributed by atoms with Crippen molar-refractivity contribution >= 4 is 5.91 Å². The number of hydrogen-bond acceptors (Lipinski definition) is 4. The summed E-state index contributed by atoms with van der Waals surface area (Å²) in [6.45, 7) is 6.61. The van der Waals surface area contributed by atoms with Crippen LogP contribution >= 0.6 is 0 Å². The molecule has 0 bridgehead atoms. The fourth-order valence-corrected chi connectivity index (χ4v) is 4.58. The van der Waals surface area contributed by atoms with Gasteiger partial charge in [-0.3, -0.25) is 14.6 Å². The molecule has 0 spiro atoms. The van der Waals surface area contributed by atoms with Gasteiger partial charge in [0, 0.05) is 57.4 Å². The Labute approximate surface area is 192 Å². The second-order valence-electron chi connectivity index (χ2n) is 8.66. The van der Waals surface area contributed by atoms with Gasteiger partial charge in [-0.25, -0.2) is 0 Å². The van der Waals surface area contributed by atoms with Gasteiger partial charge < -0.3 is 9.64 Å². The molecule has 2 saturated heterocycles. The number of ether oxygens (including phenoxy) is 1. The molecule has 1 amide bonds. The predicted octanol–water partition coefficient (Wildman–Crippen LogP) is 4.01. The van der Waals surface area contributed by atoms with E-state index in [1.54, 1.807) is 4.90 Å². The molecule has 2 aliphatic rings. The third-order valence-corrected chi connectivity index (χ3v) is 6.49. The number of hydrogen-bond donors (Lipinski definition) is 0. The van der Waals surface area contributed by atoms with Crippen LogP contribution in [0.25, 0.3) is 0 Å². The molecule has 1 atom stereocenters. The highest BCUT2D eigenvalue weighted by atomic mass is 19.4. The first-order valence-electron chi connectivity index (χ1n) is 11.5. The summed E-state index contributed by atoms with van der Waals surface area (Å²) in [4.78, 5) is 19.5. The van der Waals surface area contributed by atoms with Gasteiger partial charge in [-0.1, -0.05) is 18.2 Å². The first kappa shape index (κ1) is 23.6. The second kappa shape index (κ2) is 10.6. The number of piperazine rings is 1. The van der Waals surface area contributed by atoms with Crippen LogP contribution in [-0.2, 0) is 6.18 Å². The lowest BCUT2D eigenvalue weighted by Gasteiger charge is -2.43. The Balaban J connectivity index is 1.24. The molecule has 1 unspecified atom stereocenters. The number of likely N-dealkylation sites (tertiary alicyclic amines) is 1. The molecule has 0 aromatic heterocycles. The van der Waals surface area contributed by atoms with E-state index in [1.807, 2.05) is 30.3 Å². The van der Waals surface area contributed by atoms with Crippen molar-refractivity contribution in [1.29, 1.82) is 0 Å². The van der Waals surface area contributed by atoms with Crippen LogP contribution in [0.5, 0.6) is 5.75 Å². The van der Waals surface area contributed by atoms with Gasteiger partial charge in [0.15, 0.2) is 0 Å². The monoisotopic (exact) mass is 461 g/mol. The van der Waals surface area contributed by atoms with Crippen LogP contribution in [0.4, 0.5) is 13.2 Å². The van der Waals surface area contributed by atoms with E-state index < -0.39 is 11.7 Å². The molecular formula is C25H30F3N3O2. The first-order chi connectivity index (χ1) is 15.9. The molecule has 0 radical (unpaired) electrons. The van der Waals surface area contributed by atoms with Crippen LogP contribution in [0.1, 0.15) is 28.8 Å². The number of para-hydroxylation sites is 1. The van der Waals surface area contributed by atoms with Crippen molar-refractivity contribution < 1.29 is 22.7 Å². The minimum absolute atomic E-state index is 0.190. The maximum absolute atomic E-state index is 12.9. The van der Waals surface area contributed by atoms with Gasteiger partial charge in [0.25, 0.3) is 5.91 Å². The number of benzene rings is 2. The van der Waals surface area contributed by atoms with Crippen molar-refractivity contribution in [2.24, 2.45) is 0 Å². The molecule has 4 rings (SSSR count). The Bertz CT molecular complexity index is 897. The Morgan fingerprint density at radius 3 is 2.30 bits per heavy atom. The summed E-state index contributed by atoms with van der Waals surface area (Å²) in [6, 6.07) is 14.6. The maximum Gasteiger partial charge on any atom is 0.416 e. The van der Waals surface area contributed by atoms with Gasteiger partial charge in [-0.05, 0) is 49.2 Å². The quantitative estimate of drug-likeness (QED) is 0.652. The lowest BCUT2D eigenvalue weighted by atomic mass is 10.0. The number of amides is 1. The van der Waals surface area contributed by atoms with Crippen molar-refractivity contribution in [2.75, 3.05) is 52.4 Å². The SMILES string of the molecule is O=C(c1ccc(C(F)(F)F)cc1)N1CCCC(N2CCN(CCOc3ccccc3)CC2)C1. The van der Waals surface area contributed by atoms with Crippen molar-refractivity contribution in [3.8, 4) is 5.75 Å². The number of carbonyl (C=O) groups excluding carboxylic acids is 1. The Hall–Kier alpha value is -2.58. The van der Waals surface area contributed by atoms with Gasteiger partial charge in [-0.2, -0.15) is 13.2 Å². The number of piperidine rings is 1. The second-order valence-corrected chi connectivity index (χ2v) is 8.66. The van der Waals surface area contributed by atoms with Crippen LogP contribution in [0.3, 0.4) is 0 Å². The minimum Gasteiger partial charge on any atom is -0.492 e. The van der Waals surface area contributed by atoms with Gasteiger partial charge >= 0.3 is 6.18 Å². The highest BCUT2D eigenvalue weighted by Crippen LogP contribution is 2.29. The van der Waals surface area contributed by atoms with E-state index in [-0.39, 0.29) is 5.91 Å². The molecule has 0 saturated carbocycles. The van der Waals surface area contributed by atoms with Crippen LogP contribution in [0.2, 0.25) is 0 Å². The van der Waals surface area contributed by atoms with E-state index in [0.29, 0.717) is 31.3 Å². The zero-order valence-electron chi connectivity index (χ0n) is 18.6. The summed E-state index contributed by atoms with van der Waals surface area (Å²) in [6.07, 6.45) is -2.45. The molecule has 2 fully saturated rings. The Morgan fingerprint density at radius 1 is 0.939 bits per heavy atom. The van der Waals surface area contributed by atoms with E-state index in [4.69, 9.17) is 4.74 Å². The normalized spacial score (nSPS) is 20.6. The van der Waals surface area contributed by atoms with E-state index in [2.05, 4.69) is 9.80 Å². The Morgan fingerprint density at radius 2 is 1.64 bits per heavy atom. The lowest BCUT2D eigenvalue weighted by Crippen LogP contribution is -2.56. The first-order valence-corrected chi connectivity index (χ1v) is 11.5. The zero-order valence-corrected chi connectivity index (χ0v) is 18.6. The summed E-state index contributed by atoms with van der Waals surface area (Å²) in [5.41, 5.74) is -0.422. The molecule has 178 valence electrons. The van der Waals surface area contributed by atoms with Gasteiger partial charge in [0.1, 0.15) is 12.4 Å². The number of carbonyl (C=O) groups is 1. The summed E-state index contributed by atoms with van der Waals surface area (Å²) in [5.74, 6) is 0.696. The van der Waals surface area contributed by atoms with Crippen LogP contribution in [0, 0.1) is 0 Å². The van der Waals surface area contributed by atoms with Crippen molar-refractivity contribution in [1.82, 2.24) is 14.7 Å². The van der Waals surface area contributed by atoms with Crippen molar-refractivity contribution in [3.05, 3.63) is 65.7 Å². The molecule has 2 aromatic carbocycles. The summed E-state index contributed by atoms with van der Waals surface area (Å²) < 4.78 is 44.2. The average molecular weight is 462 g/mol. The smallest absolute Gasteiger partial charge is 0.416 e. The molecule has 2 aliphatic heterocycles. The zero-order chi connectivity index (χ0) is 23.3. The van der Waals surface area contributed by atoms with Gasteiger partial charge in [0.2, 0.25) is 0 Å². The van der Waals surface area contributed by atoms with Gasteiger partial charge in [-0.15, -0.1) is 0 Å². The fourth-order valence-electron chi connectivity index (χ4n) is 4.58. The third kappa shape index (κ3) is 6.26. The number of halogens is 3. The Kier molecular flexibility index (Phi) is 7.55. The van der Waals surface area contributed by atoms with Crippen LogP contribution < -0.4 is 4.74 Å². The molecule has 33 heavy (non-hydrogen) atoms. The lowest BCUT2D eigenvalue weighted by molar-refractivity contribution is -0.137. The average Bonchev–Trinajstić information content (AvgIpc) is 2.84. The topological polar surface area (TPSA) is 36.0 Å². The molecule has 5 nitrogen and oxygen atoms in total. The third-order valence-electron chi connectivity index (χ3n) is 6.49. The number of alkyl halides is 3. The van der Waals surface area contributed by atoms with E-state index >= 15 is 0 Å². The fraction of sp³-hybridized carbons (Fsp3) is 0.480. The molecule has 2 heterocycles. The maximum atomic E-state index is 12.9. The molecule has 0 aliphatic carbocycles. The van der Waals surface area contributed by atoms with Crippen LogP contribution in [-0.4, -0.2) is 79.1 Å². The van der Waals surface area contributed by atoms with E-state index in [9.17, 15) is 18.0 Å². The summed E-state index contributed by atoms with van der Waals surface area (Å²) >= 11 is 0. The summed E-state index contributed by atoms with van der Waals surface area (Å²) in [7, 11) is 0. The van der Waals surface area contributed by atoms with E-state index in [0.717, 1.165) is 63.4 Å². The molecular weight excluding hydrogens is 431 g/mol. The number of nitrogens with zero attached hydrogens (tertiary/aromatic N) is 3. The van der Waals surface area contributed by atoms with Gasteiger partial charge in [0.05, 0.1) is 5.56 Å². The molecule has 0 N–H and O–H groups in total. The standard InChI is InChI=1S/C25H30F3N3O2/c26-25(27,28)21-10-8-20(9-11-21)24(32)31-12-4-5-22(19-31)30-15-13-29(14-16-30)17-18-33-23-6-2-1-3-7-23/h1-3,6-11,22H,4-5,12-19H2. The highest BCUT2D eigenvalue weighted by Gasteiger charge is 2.32. The predicted molar refractivity (Wildman–Crippen MR) is 120 cm³/mol. The largest absolute Gasteiger partial charge is 0.492 e. The summed E-state index contributed by atoms with van der Waals surface area (Å²) in [5, 5.41) is 0. The van der Waals surface area contributed by atoms with Crippen molar-refractivity contribution in [2.45, 2.75) is 25.1 Å². The molecule has 8 heteroatoms.